The zero-order chi connectivity index (χ0) is 23.9. The predicted molar refractivity (Wildman–Crippen MR) is 116 cm³/mol. The van der Waals surface area contributed by atoms with Crippen molar-refractivity contribution in [3.63, 3.8) is 0 Å². The first kappa shape index (κ1) is 25.3. The minimum absolute atomic E-state index is 0.144. The number of carbonyl (C=O) groups is 2. The lowest BCUT2D eigenvalue weighted by atomic mass is 10.0. The number of esters is 1. The van der Waals surface area contributed by atoms with Gasteiger partial charge in [0.05, 0.1) is 28.6 Å². The Bertz CT molecular complexity index is 951. The standard InChI is InChI=1S/C22H24ClF3N2O4/c1-4-31-18-8-6-5-7-17(18)27-19(29)12-32-21(30)20(13(2)3)28-16-10-9-14(11-15(16)23)22(24,25)26/h5-11,13,20,28H,4,12H2,1-3H3,(H,27,29). The second-order valence-corrected chi connectivity index (χ2v) is 7.55. The number of carbonyl (C=O) groups excluding carboxylic acids is 2. The van der Waals surface area contributed by atoms with Crippen LogP contribution in [0, 0.1) is 5.92 Å². The fourth-order valence-corrected chi connectivity index (χ4v) is 2.97. The van der Waals surface area contributed by atoms with Gasteiger partial charge in [-0.05, 0) is 43.2 Å². The van der Waals surface area contributed by atoms with Crippen molar-refractivity contribution in [2.45, 2.75) is 33.0 Å². The van der Waals surface area contributed by atoms with Crippen LogP contribution in [0.4, 0.5) is 24.5 Å². The number of nitrogens with one attached hydrogen (secondary N) is 2. The first-order valence-corrected chi connectivity index (χ1v) is 10.2. The summed E-state index contributed by atoms with van der Waals surface area (Å²) in [6.45, 7) is 5.11. The Morgan fingerprint density at radius 1 is 1.09 bits per heavy atom. The Morgan fingerprint density at radius 3 is 2.38 bits per heavy atom. The van der Waals surface area contributed by atoms with E-state index in [1.54, 1.807) is 38.1 Å². The van der Waals surface area contributed by atoms with Gasteiger partial charge in [0.2, 0.25) is 0 Å². The molecule has 2 aromatic carbocycles. The van der Waals surface area contributed by atoms with Crippen LogP contribution in [0.1, 0.15) is 26.3 Å². The van der Waals surface area contributed by atoms with Crippen molar-refractivity contribution >= 4 is 34.9 Å². The maximum Gasteiger partial charge on any atom is 0.416 e. The van der Waals surface area contributed by atoms with E-state index in [9.17, 15) is 22.8 Å². The van der Waals surface area contributed by atoms with E-state index in [1.807, 2.05) is 6.92 Å². The topological polar surface area (TPSA) is 76.7 Å². The Kier molecular flexibility index (Phi) is 8.77. The summed E-state index contributed by atoms with van der Waals surface area (Å²) in [5, 5.41) is 5.22. The Morgan fingerprint density at radius 2 is 1.78 bits per heavy atom. The second kappa shape index (κ2) is 11.1. The summed E-state index contributed by atoms with van der Waals surface area (Å²) in [6.07, 6.45) is -4.54. The monoisotopic (exact) mass is 472 g/mol. The average molecular weight is 473 g/mol. The normalized spacial score (nSPS) is 12.2. The van der Waals surface area contributed by atoms with Gasteiger partial charge in [0.25, 0.3) is 5.91 Å². The largest absolute Gasteiger partial charge is 0.492 e. The summed E-state index contributed by atoms with van der Waals surface area (Å²) in [5.41, 5.74) is -0.323. The highest BCUT2D eigenvalue weighted by atomic mass is 35.5. The van der Waals surface area contributed by atoms with Gasteiger partial charge >= 0.3 is 12.1 Å². The van der Waals surface area contributed by atoms with Crippen molar-refractivity contribution in [2.24, 2.45) is 5.92 Å². The Balaban J connectivity index is 2.01. The molecule has 1 amide bonds. The number of ether oxygens (including phenoxy) is 2. The summed E-state index contributed by atoms with van der Waals surface area (Å²) in [6, 6.07) is 8.66. The van der Waals surface area contributed by atoms with E-state index in [4.69, 9.17) is 21.1 Å². The van der Waals surface area contributed by atoms with E-state index in [0.717, 1.165) is 18.2 Å². The second-order valence-electron chi connectivity index (χ2n) is 7.14. The summed E-state index contributed by atoms with van der Waals surface area (Å²) < 4.78 is 49.0. The zero-order valence-electron chi connectivity index (χ0n) is 17.8. The lowest BCUT2D eigenvalue weighted by Crippen LogP contribution is -2.37. The highest BCUT2D eigenvalue weighted by Gasteiger charge is 2.31. The van der Waals surface area contributed by atoms with Crippen molar-refractivity contribution in [1.29, 1.82) is 0 Å². The number of hydrogen-bond acceptors (Lipinski definition) is 5. The minimum Gasteiger partial charge on any atom is -0.492 e. The van der Waals surface area contributed by atoms with Crippen LogP contribution >= 0.6 is 11.6 Å². The zero-order valence-corrected chi connectivity index (χ0v) is 18.5. The van der Waals surface area contributed by atoms with Crippen LogP contribution in [-0.4, -0.2) is 31.1 Å². The van der Waals surface area contributed by atoms with Crippen LogP contribution in [0.2, 0.25) is 5.02 Å². The molecule has 1 unspecified atom stereocenters. The first-order valence-electron chi connectivity index (χ1n) is 9.84. The maximum absolute atomic E-state index is 12.8. The van der Waals surface area contributed by atoms with Crippen molar-refractivity contribution in [2.75, 3.05) is 23.8 Å². The van der Waals surface area contributed by atoms with Crippen molar-refractivity contribution in [3.05, 3.63) is 53.1 Å². The van der Waals surface area contributed by atoms with E-state index in [0.29, 0.717) is 18.0 Å². The number of rotatable bonds is 9. The summed E-state index contributed by atoms with van der Waals surface area (Å²) in [4.78, 5) is 24.8. The fraction of sp³-hybridized carbons (Fsp3) is 0.364. The molecular weight excluding hydrogens is 449 g/mol. The highest BCUT2D eigenvalue weighted by molar-refractivity contribution is 6.33. The molecule has 2 aromatic rings. The minimum atomic E-state index is -4.54. The van der Waals surface area contributed by atoms with E-state index in [2.05, 4.69) is 10.6 Å². The lowest BCUT2D eigenvalue weighted by molar-refractivity contribution is -0.149. The Hall–Kier alpha value is -2.94. The van der Waals surface area contributed by atoms with Crippen LogP contribution in [-0.2, 0) is 20.5 Å². The van der Waals surface area contributed by atoms with Crippen LogP contribution in [0.25, 0.3) is 0 Å². The average Bonchev–Trinajstić information content (AvgIpc) is 2.71. The molecule has 0 spiro atoms. The molecule has 0 heterocycles. The number of benzene rings is 2. The van der Waals surface area contributed by atoms with Crippen LogP contribution in [0.5, 0.6) is 5.75 Å². The van der Waals surface area contributed by atoms with Crippen molar-refractivity contribution < 1.29 is 32.2 Å². The summed E-state index contributed by atoms with van der Waals surface area (Å²) in [7, 11) is 0. The molecule has 6 nitrogen and oxygen atoms in total. The van der Waals surface area contributed by atoms with E-state index in [1.165, 1.54) is 0 Å². The number of alkyl halides is 3. The SMILES string of the molecule is CCOc1ccccc1NC(=O)COC(=O)C(Nc1ccc(C(F)(F)F)cc1Cl)C(C)C. The highest BCUT2D eigenvalue weighted by Crippen LogP contribution is 2.34. The smallest absolute Gasteiger partial charge is 0.416 e. The summed E-state index contributed by atoms with van der Waals surface area (Å²) >= 11 is 5.96. The molecule has 0 saturated heterocycles. The first-order chi connectivity index (χ1) is 15.0. The molecule has 1 atom stereocenters. The molecule has 0 saturated carbocycles. The van der Waals surface area contributed by atoms with Gasteiger partial charge in [0.1, 0.15) is 11.8 Å². The van der Waals surface area contributed by atoms with Crippen molar-refractivity contribution in [3.8, 4) is 5.75 Å². The van der Waals surface area contributed by atoms with Gasteiger partial charge in [-0.3, -0.25) is 4.79 Å². The molecule has 0 aliphatic rings. The van der Waals surface area contributed by atoms with E-state index < -0.39 is 36.3 Å². The molecular formula is C22H24ClF3N2O4. The third-order valence-electron chi connectivity index (χ3n) is 4.33. The molecule has 0 aliphatic carbocycles. The Labute approximate surface area is 189 Å². The molecule has 0 bridgehead atoms. The molecule has 2 rings (SSSR count). The summed E-state index contributed by atoms with van der Waals surface area (Å²) in [5.74, 6) is -1.14. The fourth-order valence-electron chi connectivity index (χ4n) is 2.74. The number of amides is 1. The molecule has 174 valence electrons. The van der Waals surface area contributed by atoms with Gasteiger partial charge in [-0.1, -0.05) is 37.6 Å². The van der Waals surface area contributed by atoms with Gasteiger partial charge in [-0.25, -0.2) is 4.79 Å². The van der Waals surface area contributed by atoms with Crippen LogP contribution in [0.15, 0.2) is 42.5 Å². The third-order valence-corrected chi connectivity index (χ3v) is 4.65. The van der Waals surface area contributed by atoms with Gasteiger partial charge in [0.15, 0.2) is 6.61 Å². The number of anilines is 2. The number of hydrogen-bond donors (Lipinski definition) is 2. The van der Waals surface area contributed by atoms with E-state index >= 15 is 0 Å². The van der Waals surface area contributed by atoms with Gasteiger partial charge in [0, 0.05) is 0 Å². The van der Waals surface area contributed by atoms with Crippen molar-refractivity contribution in [1.82, 2.24) is 0 Å². The predicted octanol–water partition coefficient (Wildman–Crippen LogP) is 5.38. The van der Waals surface area contributed by atoms with Gasteiger partial charge in [-0.15, -0.1) is 0 Å². The van der Waals surface area contributed by atoms with Gasteiger partial charge in [-0.2, -0.15) is 13.2 Å². The van der Waals surface area contributed by atoms with Gasteiger partial charge < -0.3 is 20.1 Å². The quantitative estimate of drug-likeness (QED) is 0.479. The van der Waals surface area contributed by atoms with Crippen LogP contribution in [0.3, 0.4) is 0 Å². The molecule has 10 heteroatoms. The number of halogens is 4. The molecule has 0 aromatic heterocycles. The molecule has 0 fully saturated rings. The van der Waals surface area contributed by atoms with Crippen LogP contribution < -0.4 is 15.4 Å². The lowest BCUT2D eigenvalue weighted by Gasteiger charge is -2.23. The molecule has 32 heavy (non-hydrogen) atoms. The third kappa shape index (κ3) is 7.05. The number of para-hydroxylation sites is 2. The maximum atomic E-state index is 12.8. The molecule has 0 radical (unpaired) electrons. The van der Waals surface area contributed by atoms with E-state index in [-0.39, 0.29) is 16.6 Å². The molecule has 2 N–H and O–H groups in total. The molecule has 0 aliphatic heterocycles.